The summed E-state index contributed by atoms with van der Waals surface area (Å²) in [6, 6.07) is 8.63. The first-order chi connectivity index (χ1) is 14.0. The zero-order valence-corrected chi connectivity index (χ0v) is 22.4. The summed E-state index contributed by atoms with van der Waals surface area (Å²) in [5.74, 6) is 0. The Morgan fingerprint density at radius 1 is 0.862 bits per heavy atom. The summed E-state index contributed by atoms with van der Waals surface area (Å²) in [4.78, 5) is 2.71. The van der Waals surface area contributed by atoms with Crippen LogP contribution in [0.15, 0.2) is 24.3 Å². The van der Waals surface area contributed by atoms with Crippen molar-refractivity contribution < 1.29 is 0 Å². The van der Waals surface area contributed by atoms with Crippen LogP contribution in [0.2, 0.25) is 5.02 Å². The Labute approximate surface area is 189 Å². The minimum atomic E-state index is 0.574. The van der Waals surface area contributed by atoms with E-state index in [4.69, 9.17) is 11.6 Å². The van der Waals surface area contributed by atoms with Crippen molar-refractivity contribution in [2.75, 3.05) is 26.2 Å². The van der Waals surface area contributed by atoms with Crippen molar-refractivity contribution in [3.8, 4) is 0 Å². The van der Waals surface area contributed by atoms with Crippen LogP contribution in [0, 0.1) is 12.3 Å². The standard InChI is InChI=1S/C11H22N2.C7H7Cl.4C2H6/c1-11(2)5-8-13(9-11)10-3-6-12-7-4-10;1-6-2-4-7(8)5-3-6;4*1-2/h10,12H,3-9H2,1-2H3;2-5H,1H3;4*1-2H3. The summed E-state index contributed by atoms with van der Waals surface area (Å²) in [5.41, 5.74) is 1.82. The zero-order valence-electron chi connectivity index (χ0n) is 21.7. The SMILES string of the molecule is CC.CC.CC.CC.CC1(C)CCN(C2CCNCC2)C1.Cc1ccc(Cl)cc1. The van der Waals surface area contributed by atoms with Gasteiger partial charge in [0.25, 0.3) is 0 Å². The molecule has 2 saturated heterocycles. The molecule has 3 heteroatoms. The minimum absolute atomic E-state index is 0.574. The van der Waals surface area contributed by atoms with Crippen molar-refractivity contribution in [3.63, 3.8) is 0 Å². The van der Waals surface area contributed by atoms with Crippen LogP contribution in [0.3, 0.4) is 0 Å². The monoisotopic (exact) mass is 428 g/mol. The fourth-order valence-electron chi connectivity index (χ4n) is 3.17. The van der Waals surface area contributed by atoms with E-state index >= 15 is 0 Å². The van der Waals surface area contributed by atoms with Gasteiger partial charge in [0.2, 0.25) is 0 Å². The van der Waals surface area contributed by atoms with Crippen molar-refractivity contribution >= 4 is 11.6 Å². The van der Waals surface area contributed by atoms with Gasteiger partial charge in [-0.25, -0.2) is 0 Å². The molecule has 0 spiro atoms. The number of piperidine rings is 1. The smallest absolute Gasteiger partial charge is 0.0406 e. The summed E-state index contributed by atoms with van der Waals surface area (Å²) in [6.45, 7) is 27.9. The second-order valence-electron chi connectivity index (χ2n) is 7.16. The maximum Gasteiger partial charge on any atom is 0.0406 e. The predicted molar refractivity (Wildman–Crippen MR) is 137 cm³/mol. The molecular formula is C26H53ClN2. The van der Waals surface area contributed by atoms with E-state index in [9.17, 15) is 0 Å². The molecule has 0 bridgehead atoms. The van der Waals surface area contributed by atoms with Crippen LogP contribution in [0.25, 0.3) is 0 Å². The number of benzene rings is 1. The van der Waals surface area contributed by atoms with Crippen LogP contribution in [0.5, 0.6) is 0 Å². The average Bonchev–Trinajstić information content (AvgIpc) is 3.17. The molecular weight excluding hydrogens is 376 g/mol. The van der Waals surface area contributed by atoms with Gasteiger partial charge in [-0.3, -0.25) is 4.90 Å². The van der Waals surface area contributed by atoms with Crippen molar-refractivity contribution in [2.45, 2.75) is 101 Å². The summed E-state index contributed by atoms with van der Waals surface area (Å²) in [5, 5.41) is 4.23. The van der Waals surface area contributed by atoms with Gasteiger partial charge >= 0.3 is 0 Å². The number of halogens is 1. The quantitative estimate of drug-likeness (QED) is 0.484. The van der Waals surface area contributed by atoms with E-state index in [1.54, 1.807) is 0 Å². The number of hydrogen-bond acceptors (Lipinski definition) is 2. The molecule has 2 nitrogen and oxygen atoms in total. The summed E-state index contributed by atoms with van der Waals surface area (Å²) in [6.07, 6.45) is 4.10. The van der Waals surface area contributed by atoms with Crippen molar-refractivity contribution in [3.05, 3.63) is 34.9 Å². The third-order valence-corrected chi connectivity index (χ3v) is 4.79. The fourth-order valence-corrected chi connectivity index (χ4v) is 3.30. The highest BCUT2D eigenvalue weighted by molar-refractivity contribution is 6.30. The molecule has 2 aliphatic rings. The Balaban J connectivity index is -0.000000365. The maximum atomic E-state index is 5.61. The lowest BCUT2D eigenvalue weighted by molar-refractivity contribution is 0.181. The summed E-state index contributed by atoms with van der Waals surface area (Å²) < 4.78 is 0. The van der Waals surface area contributed by atoms with Crippen molar-refractivity contribution in [1.82, 2.24) is 10.2 Å². The Hall–Kier alpha value is -0.570. The number of aryl methyl sites for hydroxylation is 1. The molecule has 3 rings (SSSR count). The van der Waals surface area contributed by atoms with Gasteiger partial charge in [-0.1, -0.05) is 98.5 Å². The highest BCUT2D eigenvalue weighted by Gasteiger charge is 2.33. The van der Waals surface area contributed by atoms with Crippen LogP contribution in [-0.2, 0) is 0 Å². The molecule has 1 aromatic carbocycles. The van der Waals surface area contributed by atoms with Crippen LogP contribution in [0.1, 0.15) is 94.1 Å². The lowest BCUT2D eigenvalue weighted by atomic mass is 9.93. The molecule has 0 unspecified atom stereocenters. The van der Waals surface area contributed by atoms with Gasteiger partial charge in [-0.15, -0.1) is 0 Å². The third kappa shape index (κ3) is 16.9. The van der Waals surface area contributed by atoms with Gasteiger partial charge in [-0.2, -0.15) is 0 Å². The van der Waals surface area contributed by atoms with E-state index in [2.05, 4.69) is 24.1 Å². The number of rotatable bonds is 1. The van der Waals surface area contributed by atoms with Crippen LogP contribution >= 0.6 is 11.6 Å². The second kappa shape index (κ2) is 22.1. The van der Waals surface area contributed by atoms with E-state index in [-0.39, 0.29) is 0 Å². The lowest BCUT2D eigenvalue weighted by Crippen LogP contribution is -2.42. The molecule has 1 aromatic rings. The van der Waals surface area contributed by atoms with Crippen LogP contribution in [-0.4, -0.2) is 37.1 Å². The third-order valence-electron chi connectivity index (χ3n) is 4.54. The minimum Gasteiger partial charge on any atom is -0.317 e. The van der Waals surface area contributed by atoms with Gasteiger partial charge < -0.3 is 5.32 Å². The molecule has 0 amide bonds. The van der Waals surface area contributed by atoms with Crippen molar-refractivity contribution in [2.24, 2.45) is 5.41 Å². The topological polar surface area (TPSA) is 15.3 Å². The van der Waals surface area contributed by atoms with E-state index in [1.165, 1.54) is 51.0 Å². The molecule has 2 aliphatic heterocycles. The van der Waals surface area contributed by atoms with E-state index in [1.807, 2.05) is 86.6 Å². The Morgan fingerprint density at radius 3 is 1.66 bits per heavy atom. The first-order valence-corrected chi connectivity index (χ1v) is 12.5. The van der Waals surface area contributed by atoms with Gasteiger partial charge in [0, 0.05) is 17.6 Å². The molecule has 0 aliphatic carbocycles. The number of nitrogens with one attached hydrogen (secondary N) is 1. The maximum absolute atomic E-state index is 5.61. The zero-order chi connectivity index (χ0) is 23.3. The largest absolute Gasteiger partial charge is 0.317 e. The first kappa shape index (κ1) is 33.1. The fraction of sp³-hybridized carbons (Fsp3) is 0.769. The van der Waals surface area contributed by atoms with E-state index in [0.29, 0.717) is 5.41 Å². The number of likely N-dealkylation sites (tertiary alicyclic amines) is 1. The van der Waals surface area contributed by atoms with E-state index in [0.717, 1.165) is 11.1 Å². The Bertz CT molecular complexity index is 402. The average molecular weight is 429 g/mol. The lowest BCUT2D eigenvalue weighted by Gasteiger charge is -2.32. The molecule has 0 saturated carbocycles. The Morgan fingerprint density at radius 2 is 1.31 bits per heavy atom. The summed E-state index contributed by atoms with van der Waals surface area (Å²) >= 11 is 5.61. The van der Waals surface area contributed by atoms with Crippen molar-refractivity contribution in [1.29, 1.82) is 0 Å². The molecule has 29 heavy (non-hydrogen) atoms. The van der Waals surface area contributed by atoms with E-state index < -0.39 is 0 Å². The second-order valence-corrected chi connectivity index (χ2v) is 7.60. The molecule has 0 atom stereocenters. The highest BCUT2D eigenvalue weighted by Crippen LogP contribution is 2.31. The molecule has 2 heterocycles. The first-order valence-electron chi connectivity index (χ1n) is 12.1. The molecule has 174 valence electrons. The van der Waals surface area contributed by atoms with Gasteiger partial charge in [0.1, 0.15) is 0 Å². The van der Waals surface area contributed by atoms with Crippen LogP contribution in [0.4, 0.5) is 0 Å². The normalized spacial score (nSPS) is 17.2. The van der Waals surface area contributed by atoms with Gasteiger partial charge in [0.05, 0.1) is 0 Å². The molecule has 0 radical (unpaired) electrons. The molecule has 0 aromatic heterocycles. The molecule has 1 N–H and O–H groups in total. The Kier molecular flexibility index (Phi) is 25.2. The number of nitrogens with zero attached hydrogens (tertiary/aromatic N) is 1. The number of hydrogen-bond donors (Lipinski definition) is 1. The summed E-state index contributed by atoms with van der Waals surface area (Å²) in [7, 11) is 0. The van der Waals surface area contributed by atoms with Crippen LogP contribution < -0.4 is 5.32 Å². The predicted octanol–water partition coefficient (Wildman–Crippen LogP) is 8.22. The van der Waals surface area contributed by atoms with Gasteiger partial charge in [0.15, 0.2) is 0 Å². The molecule has 2 fully saturated rings. The highest BCUT2D eigenvalue weighted by atomic mass is 35.5. The van der Waals surface area contributed by atoms with Gasteiger partial charge in [-0.05, 0) is 63.4 Å².